The number of carbonyl (C=O) groups excluding carboxylic acids is 3. The minimum atomic E-state index is -3.60. The lowest BCUT2D eigenvalue weighted by Crippen LogP contribution is -2.60. The molecule has 4 aliphatic rings. The molecular weight excluding hydrogens is 797 g/mol. The van der Waals surface area contributed by atoms with Gasteiger partial charge in [0.15, 0.2) is 18.0 Å². The van der Waals surface area contributed by atoms with E-state index in [1.807, 2.05) is 31.2 Å². The molecule has 1 spiro atoms. The monoisotopic (exact) mass is 841 g/mol. The van der Waals surface area contributed by atoms with Crippen LogP contribution in [0.25, 0.3) is 0 Å². The second-order valence-electron chi connectivity index (χ2n) is 15.5. The van der Waals surface area contributed by atoms with Crippen LogP contribution in [-0.4, -0.2) is 106 Å². The fraction of sp³-hybridized carbons (Fsp3) is 0.462. The smallest absolute Gasteiger partial charge is 0.264 e. The molecule has 3 aromatic rings. The van der Waals surface area contributed by atoms with Crippen molar-refractivity contribution >= 4 is 53.4 Å². The number of hydrogen-bond donors (Lipinski definition) is 6. The molecule has 55 heavy (non-hydrogen) atoms. The van der Waals surface area contributed by atoms with Crippen LogP contribution in [0, 0.1) is 5.92 Å². The van der Waals surface area contributed by atoms with E-state index in [2.05, 4.69) is 21.2 Å². The summed E-state index contributed by atoms with van der Waals surface area (Å²) in [5.74, 6) is -2.23. The van der Waals surface area contributed by atoms with Crippen LogP contribution in [0.3, 0.4) is 0 Å². The molecule has 0 aromatic heterocycles. The minimum absolute atomic E-state index is 0.0251. The number of ether oxygens (including phenoxy) is 2. The number of nitrogens with one attached hydrogen (secondary N) is 1. The highest BCUT2D eigenvalue weighted by molar-refractivity contribution is 9.10. The Bertz CT molecular complexity index is 1990. The lowest BCUT2D eigenvalue weighted by atomic mass is 9.82. The summed E-state index contributed by atoms with van der Waals surface area (Å²) in [6.45, 7) is 5.05. The lowest BCUT2D eigenvalue weighted by molar-refractivity contribution is -0.274. The van der Waals surface area contributed by atoms with Crippen LogP contribution in [0.5, 0.6) is 0 Å². The van der Waals surface area contributed by atoms with Crippen molar-refractivity contribution < 1.29 is 53.5 Å². The molecule has 3 aromatic carbocycles. The van der Waals surface area contributed by atoms with Crippen LogP contribution in [0.1, 0.15) is 35.6 Å². The van der Waals surface area contributed by atoms with Gasteiger partial charge in [-0.3, -0.25) is 14.4 Å². The predicted molar refractivity (Wildman–Crippen MR) is 204 cm³/mol. The first kappa shape index (κ1) is 39.6. The Hall–Kier alpha value is -3.58. The number of rotatable bonds is 8. The van der Waals surface area contributed by atoms with Crippen LogP contribution in [0.2, 0.25) is 18.6 Å². The number of amides is 3. The molecule has 4 aliphatic heterocycles. The van der Waals surface area contributed by atoms with E-state index in [1.165, 1.54) is 0 Å². The Balaban J connectivity index is 1.15. The predicted octanol–water partition coefficient (Wildman–Crippen LogP) is 2.85. The summed E-state index contributed by atoms with van der Waals surface area (Å²) >= 11 is 3.54. The molecule has 13 nitrogen and oxygen atoms in total. The first-order chi connectivity index (χ1) is 26.0. The number of anilines is 2. The van der Waals surface area contributed by atoms with Gasteiger partial charge >= 0.3 is 0 Å². The van der Waals surface area contributed by atoms with Crippen LogP contribution in [0.15, 0.2) is 71.2 Å². The van der Waals surface area contributed by atoms with Crippen LogP contribution in [0.4, 0.5) is 15.5 Å². The molecule has 294 valence electrons. The van der Waals surface area contributed by atoms with Crippen molar-refractivity contribution in [2.45, 2.75) is 99.9 Å². The maximum Gasteiger partial charge on any atom is 0.264 e. The van der Waals surface area contributed by atoms with Gasteiger partial charge in [0, 0.05) is 33.7 Å². The SMILES string of the molecule is C[C@H]1[C@H]([Si](C)(C)F)[C@@H](CC(=O)N2Cc3ccccc3C[C@H]2CO)O[C@]12C(=O)N(Cc1cccc(NC(=O)[C@H]3O[C@@H](O)[C@H](O)[C@@H](O)[C@@H]3O)c1)c1ccc(Br)cc12. The topological polar surface area (TPSA) is 189 Å². The summed E-state index contributed by atoms with van der Waals surface area (Å²) < 4.78 is 29.1. The highest BCUT2D eigenvalue weighted by atomic mass is 79.9. The largest absolute Gasteiger partial charge is 0.394 e. The Morgan fingerprint density at radius 3 is 2.44 bits per heavy atom. The summed E-state index contributed by atoms with van der Waals surface area (Å²) in [5.41, 5.74) is 1.66. The molecule has 16 heteroatoms. The molecule has 10 atom stereocenters. The number of fused-ring (bicyclic) bond motifs is 3. The van der Waals surface area contributed by atoms with Crippen molar-refractivity contribution in [3.8, 4) is 0 Å². The molecule has 0 saturated carbocycles. The third kappa shape index (κ3) is 7.06. The highest BCUT2D eigenvalue weighted by Crippen LogP contribution is 2.60. The zero-order chi connectivity index (χ0) is 39.6. The van der Waals surface area contributed by atoms with Gasteiger partial charge < -0.3 is 54.2 Å². The van der Waals surface area contributed by atoms with E-state index in [9.17, 15) is 39.9 Å². The van der Waals surface area contributed by atoms with Gasteiger partial charge in [0.05, 0.1) is 37.4 Å². The normalized spacial score (nSPS) is 31.7. The molecule has 6 N–H and O–H groups in total. The molecule has 3 amide bonds. The molecule has 0 radical (unpaired) electrons. The van der Waals surface area contributed by atoms with E-state index in [-0.39, 0.29) is 31.2 Å². The van der Waals surface area contributed by atoms with Gasteiger partial charge in [-0.2, -0.15) is 0 Å². The second kappa shape index (κ2) is 15.1. The van der Waals surface area contributed by atoms with Crippen molar-refractivity contribution in [1.82, 2.24) is 4.90 Å². The standard InChI is InChI=1S/C39H45BrFN3O10Si/c1-20-35(55(2,3)41)29(16-30(46)43-18-23-9-5-4-8-22(23)14-26(43)19-45)54-39(20)27-15-24(40)11-12-28(27)44(38(39)52)17-21-7-6-10-25(13-21)42-36(50)34-32(48)31(47)33(49)37(51)53-34/h4-13,15,20,26,29,31-35,37,45,47-49,51H,14,16-19H2,1-3H3,(H,42,50)/t20-,26-,29+,31-,32-,33+,34-,35-,37+,39+/m0/s1. The molecule has 4 heterocycles. The number of carbonyl (C=O) groups is 3. The van der Waals surface area contributed by atoms with E-state index in [0.29, 0.717) is 34.3 Å². The molecule has 2 saturated heterocycles. The van der Waals surface area contributed by atoms with Crippen molar-refractivity contribution in [3.63, 3.8) is 0 Å². The molecule has 7 rings (SSSR count). The third-order valence-electron chi connectivity index (χ3n) is 11.6. The molecule has 0 bridgehead atoms. The van der Waals surface area contributed by atoms with E-state index < -0.39 is 80.1 Å². The number of benzene rings is 3. The average Bonchev–Trinajstić information content (AvgIpc) is 3.57. The maximum atomic E-state index is 16.5. The van der Waals surface area contributed by atoms with Gasteiger partial charge in [-0.25, -0.2) is 0 Å². The first-order valence-corrected chi connectivity index (χ1v) is 22.0. The average molecular weight is 843 g/mol. The maximum absolute atomic E-state index is 16.5. The van der Waals surface area contributed by atoms with Gasteiger partial charge in [0.25, 0.3) is 11.8 Å². The van der Waals surface area contributed by atoms with Crippen molar-refractivity contribution in [1.29, 1.82) is 0 Å². The van der Waals surface area contributed by atoms with Crippen LogP contribution >= 0.6 is 15.9 Å². The first-order valence-electron chi connectivity index (χ1n) is 18.3. The Morgan fingerprint density at radius 1 is 1.00 bits per heavy atom. The summed E-state index contributed by atoms with van der Waals surface area (Å²) in [6, 6.07) is 19.3. The summed E-state index contributed by atoms with van der Waals surface area (Å²) in [6.07, 6.45) is -9.59. The highest BCUT2D eigenvalue weighted by Gasteiger charge is 2.67. The fourth-order valence-electron chi connectivity index (χ4n) is 8.93. The van der Waals surface area contributed by atoms with Gasteiger partial charge in [-0.15, -0.1) is 0 Å². The number of aliphatic hydroxyl groups is 5. The summed E-state index contributed by atoms with van der Waals surface area (Å²) in [4.78, 5) is 45.3. The van der Waals surface area contributed by atoms with Crippen LogP contribution in [-0.2, 0) is 49.0 Å². The fourth-order valence-corrected chi connectivity index (χ4v) is 11.8. The number of hydrogen-bond acceptors (Lipinski definition) is 10. The van der Waals surface area contributed by atoms with Crippen molar-refractivity contribution in [2.75, 3.05) is 16.8 Å². The van der Waals surface area contributed by atoms with Gasteiger partial charge in [-0.05, 0) is 66.5 Å². The van der Waals surface area contributed by atoms with E-state index in [4.69, 9.17) is 9.47 Å². The van der Waals surface area contributed by atoms with Crippen LogP contribution < -0.4 is 10.2 Å². The summed E-state index contributed by atoms with van der Waals surface area (Å²) in [5, 5.41) is 52.9. The van der Waals surface area contributed by atoms with Gasteiger partial charge in [-0.1, -0.05) is 59.3 Å². The molecule has 2 fully saturated rings. The lowest BCUT2D eigenvalue weighted by Gasteiger charge is -2.37. The Morgan fingerprint density at radius 2 is 1.73 bits per heavy atom. The van der Waals surface area contributed by atoms with E-state index in [0.717, 1.165) is 11.1 Å². The number of halogens is 2. The van der Waals surface area contributed by atoms with E-state index in [1.54, 1.807) is 65.4 Å². The quantitative estimate of drug-likeness (QED) is 0.145. The van der Waals surface area contributed by atoms with Gasteiger partial charge in [0.1, 0.15) is 18.3 Å². The van der Waals surface area contributed by atoms with Gasteiger partial charge in [0.2, 0.25) is 14.3 Å². The minimum Gasteiger partial charge on any atom is -0.394 e. The number of nitrogens with zero attached hydrogens (tertiary/aromatic N) is 2. The van der Waals surface area contributed by atoms with Crippen molar-refractivity contribution in [3.05, 3.63) is 93.5 Å². The van der Waals surface area contributed by atoms with Crippen molar-refractivity contribution in [2.24, 2.45) is 5.92 Å². The second-order valence-corrected chi connectivity index (χ2v) is 20.2. The Labute approximate surface area is 327 Å². The molecular formula is C39H45BrFN3O10Si. The number of aliphatic hydroxyl groups excluding tert-OH is 5. The third-order valence-corrected chi connectivity index (χ3v) is 14.5. The van der Waals surface area contributed by atoms with E-state index >= 15 is 4.11 Å². The Kier molecular flexibility index (Phi) is 10.9. The summed E-state index contributed by atoms with van der Waals surface area (Å²) in [7, 11) is -3.60. The zero-order valence-electron chi connectivity index (χ0n) is 30.5. The molecule has 0 aliphatic carbocycles. The molecule has 0 unspecified atom stereocenters. The zero-order valence-corrected chi connectivity index (χ0v) is 33.1.